The number of hydrogen-bond acceptors (Lipinski definition) is 3. The van der Waals surface area contributed by atoms with E-state index in [2.05, 4.69) is 11.9 Å². The quantitative estimate of drug-likeness (QED) is 0.694. The van der Waals surface area contributed by atoms with Crippen LogP contribution in [0.3, 0.4) is 0 Å². The van der Waals surface area contributed by atoms with Gasteiger partial charge < -0.3 is 5.11 Å². The molecule has 2 nitrogen and oxygen atoms in total. The SMILES string of the molecule is CC1CCc2sc(CO)nc21. The van der Waals surface area contributed by atoms with E-state index in [4.69, 9.17) is 5.11 Å². The first-order valence-electron chi connectivity index (χ1n) is 3.90. The third-order valence-corrected chi connectivity index (χ3v) is 3.29. The molecule has 0 radical (unpaired) electrons. The van der Waals surface area contributed by atoms with Crippen molar-refractivity contribution in [2.24, 2.45) is 0 Å². The van der Waals surface area contributed by atoms with Crippen molar-refractivity contribution in [1.29, 1.82) is 0 Å². The minimum absolute atomic E-state index is 0.102. The van der Waals surface area contributed by atoms with Crippen molar-refractivity contribution in [3.8, 4) is 0 Å². The van der Waals surface area contributed by atoms with Gasteiger partial charge in [0.2, 0.25) is 0 Å². The van der Waals surface area contributed by atoms with E-state index in [-0.39, 0.29) is 6.61 Å². The van der Waals surface area contributed by atoms with E-state index in [9.17, 15) is 0 Å². The second-order valence-electron chi connectivity index (χ2n) is 3.01. The van der Waals surface area contributed by atoms with Crippen LogP contribution in [0.4, 0.5) is 0 Å². The third-order valence-electron chi connectivity index (χ3n) is 2.18. The molecule has 11 heavy (non-hydrogen) atoms. The van der Waals surface area contributed by atoms with Crippen LogP contribution in [-0.4, -0.2) is 10.1 Å². The van der Waals surface area contributed by atoms with Gasteiger partial charge in [-0.25, -0.2) is 4.98 Å². The summed E-state index contributed by atoms with van der Waals surface area (Å²) in [5, 5.41) is 9.71. The zero-order valence-corrected chi connectivity index (χ0v) is 7.32. The van der Waals surface area contributed by atoms with Gasteiger partial charge in [0.1, 0.15) is 5.01 Å². The van der Waals surface area contributed by atoms with Gasteiger partial charge in [-0.2, -0.15) is 0 Å². The smallest absolute Gasteiger partial charge is 0.119 e. The molecular formula is C8H11NOS. The minimum atomic E-state index is 0.102. The van der Waals surface area contributed by atoms with Crippen LogP contribution in [0.1, 0.15) is 34.8 Å². The van der Waals surface area contributed by atoms with E-state index >= 15 is 0 Å². The molecule has 0 amide bonds. The molecule has 1 unspecified atom stereocenters. The van der Waals surface area contributed by atoms with Crippen LogP contribution in [0.15, 0.2) is 0 Å². The Balaban J connectivity index is 2.38. The van der Waals surface area contributed by atoms with Crippen LogP contribution >= 0.6 is 11.3 Å². The van der Waals surface area contributed by atoms with Crippen molar-refractivity contribution < 1.29 is 5.11 Å². The average Bonchev–Trinajstić information content (AvgIpc) is 2.53. The molecule has 1 heterocycles. The van der Waals surface area contributed by atoms with Crippen molar-refractivity contribution in [3.63, 3.8) is 0 Å². The van der Waals surface area contributed by atoms with Gasteiger partial charge in [-0.05, 0) is 18.8 Å². The second kappa shape index (κ2) is 2.57. The monoisotopic (exact) mass is 169 g/mol. The molecule has 3 heteroatoms. The van der Waals surface area contributed by atoms with Crippen molar-refractivity contribution in [2.45, 2.75) is 32.3 Å². The molecule has 0 spiro atoms. The topological polar surface area (TPSA) is 33.1 Å². The first-order valence-corrected chi connectivity index (χ1v) is 4.72. The lowest BCUT2D eigenvalue weighted by Gasteiger charge is -1.96. The Morgan fingerprint density at radius 2 is 2.55 bits per heavy atom. The lowest BCUT2D eigenvalue weighted by atomic mass is 10.1. The maximum absolute atomic E-state index is 8.83. The minimum Gasteiger partial charge on any atom is -0.389 e. The second-order valence-corrected chi connectivity index (χ2v) is 4.18. The van der Waals surface area contributed by atoms with Crippen LogP contribution in [0.25, 0.3) is 0 Å². The third kappa shape index (κ3) is 1.08. The summed E-state index contributed by atoms with van der Waals surface area (Å²) >= 11 is 1.66. The highest BCUT2D eigenvalue weighted by atomic mass is 32.1. The number of fused-ring (bicyclic) bond motifs is 1. The summed E-state index contributed by atoms with van der Waals surface area (Å²) in [6.45, 7) is 2.30. The number of aromatic nitrogens is 1. The van der Waals surface area contributed by atoms with E-state index in [0.29, 0.717) is 5.92 Å². The summed E-state index contributed by atoms with van der Waals surface area (Å²) in [6, 6.07) is 0. The Morgan fingerprint density at radius 1 is 1.73 bits per heavy atom. The highest BCUT2D eigenvalue weighted by Gasteiger charge is 2.22. The first kappa shape index (κ1) is 7.25. The Hall–Kier alpha value is -0.410. The Kier molecular flexibility index (Phi) is 1.69. The molecule has 0 saturated carbocycles. The maximum Gasteiger partial charge on any atom is 0.119 e. The molecule has 2 rings (SSSR count). The van der Waals surface area contributed by atoms with Crippen LogP contribution < -0.4 is 0 Å². The van der Waals surface area contributed by atoms with Gasteiger partial charge in [-0.3, -0.25) is 0 Å². The summed E-state index contributed by atoms with van der Waals surface area (Å²) in [6.07, 6.45) is 2.40. The number of rotatable bonds is 1. The predicted molar refractivity (Wildman–Crippen MR) is 44.8 cm³/mol. The number of aryl methyl sites for hydroxylation is 1. The molecule has 1 aliphatic carbocycles. The number of nitrogens with zero attached hydrogens (tertiary/aromatic N) is 1. The Bertz CT molecular complexity index is 269. The number of hydrogen-bond donors (Lipinski definition) is 1. The highest BCUT2D eigenvalue weighted by Crippen LogP contribution is 2.35. The van der Waals surface area contributed by atoms with Gasteiger partial charge in [-0.1, -0.05) is 6.92 Å². The van der Waals surface area contributed by atoms with Gasteiger partial charge in [0.05, 0.1) is 12.3 Å². The molecule has 0 aromatic carbocycles. The number of thiazole rings is 1. The Morgan fingerprint density at radius 3 is 3.18 bits per heavy atom. The van der Waals surface area contributed by atoms with Gasteiger partial charge in [-0.15, -0.1) is 11.3 Å². The molecule has 1 atom stereocenters. The maximum atomic E-state index is 8.83. The fourth-order valence-corrected chi connectivity index (χ4v) is 2.59. The molecule has 0 aliphatic heterocycles. The average molecular weight is 169 g/mol. The van der Waals surface area contributed by atoms with Crippen LogP contribution in [0, 0.1) is 0 Å². The molecule has 1 aromatic heterocycles. The molecule has 1 aromatic rings. The van der Waals surface area contributed by atoms with E-state index in [1.165, 1.54) is 17.0 Å². The molecule has 1 aliphatic rings. The lowest BCUT2D eigenvalue weighted by Crippen LogP contribution is -1.88. The molecule has 1 N–H and O–H groups in total. The van der Waals surface area contributed by atoms with Crippen LogP contribution in [0.5, 0.6) is 0 Å². The summed E-state index contributed by atoms with van der Waals surface area (Å²) in [5.41, 5.74) is 1.24. The number of aliphatic hydroxyl groups excluding tert-OH is 1. The van der Waals surface area contributed by atoms with Gasteiger partial charge in [0.15, 0.2) is 0 Å². The molecule has 0 fully saturated rings. The summed E-state index contributed by atoms with van der Waals surface area (Å²) in [5.74, 6) is 0.613. The molecule has 0 bridgehead atoms. The fraction of sp³-hybridized carbons (Fsp3) is 0.625. The largest absolute Gasteiger partial charge is 0.389 e. The summed E-state index contributed by atoms with van der Waals surface area (Å²) in [4.78, 5) is 5.75. The van der Waals surface area contributed by atoms with Gasteiger partial charge in [0.25, 0.3) is 0 Å². The number of aliphatic hydroxyl groups is 1. The lowest BCUT2D eigenvalue weighted by molar-refractivity contribution is 0.281. The predicted octanol–water partition coefficient (Wildman–Crippen LogP) is 1.69. The van der Waals surface area contributed by atoms with E-state index in [1.807, 2.05) is 0 Å². The Labute approximate surface area is 69.9 Å². The zero-order chi connectivity index (χ0) is 7.84. The van der Waals surface area contributed by atoms with Crippen molar-refractivity contribution in [2.75, 3.05) is 0 Å². The van der Waals surface area contributed by atoms with E-state index < -0.39 is 0 Å². The standard InChI is InChI=1S/C8H11NOS/c1-5-2-3-6-8(5)9-7(4-10)11-6/h5,10H,2-4H2,1H3. The fourth-order valence-electron chi connectivity index (χ4n) is 1.53. The molecule has 0 saturated heterocycles. The normalized spacial score (nSPS) is 22.2. The molecule has 60 valence electrons. The van der Waals surface area contributed by atoms with E-state index in [0.717, 1.165) is 11.4 Å². The highest BCUT2D eigenvalue weighted by molar-refractivity contribution is 7.11. The van der Waals surface area contributed by atoms with Crippen LogP contribution in [-0.2, 0) is 13.0 Å². The van der Waals surface area contributed by atoms with Crippen LogP contribution in [0.2, 0.25) is 0 Å². The van der Waals surface area contributed by atoms with E-state index in [1.54, 1.807) is 11.3 Å². The summed E-state index contributed by atoms with van der Waals surface area (Å²) < 4.78 is 0. The van der Waals surface area contributed by atoms with Crippen molar-refractivity contribution in [1.82, 2.24) is 4.98 Å². The van der Waals surface area contributed by atoms with Crippen molar-refractivity contribution >= 4 is 11.3 Å². The zero-order valence-electron chi connectivity index (χ0n) is 6.50. The van der Waals surface area contributed by atoms with Gasteiger partial charge in [0, 0.05) is 4.88 Å². The van der Waals surface area contributed by atoms with Crippen molar-refractivity contribution in [3.05, 3.63) is 15.6 Å². The molecular weight excluding hydrogens is 158 g/mol. The van der Waals surface area contributed by atoms with Gasteiger partial charge >= 0.3 is 0 Å². The summed E-state index contributed by atoms with van der Waals surface area (Å²) in [7, 11) is 0. The first-order chi connectivity index (χ1) is 5.31.